The van der Waals surface area contributed by atoms with Crippen LogP contribution in [0.4, 0.5) is 5.82 Å². The molecule has 0 atom stereocenters. The summed E-state index contributed by atoms with van der Waals surface area (Å²) in [4.78, 5) is 13.5. The molecule has 8 heteroatoms. The number of nitrogens with one attached hydrogen (secondary N) is 1. The fourth-order valence-electron chi connectivity index (χ4n) is 4.27. The molecule has 0 saturated carbocycles. The highest BCUT2D eigenvalue weighted by molar-refractivity contribution is 7.89. The second kappa shape index (κ2) is 10.7. The van der Waals surface area contributed by atoms with Crippen LogP contribution in [-0.2, 0) is 20.2 Å². The Morgan fingerprint density at radius 1 is 0.974 bits per heavy atom. The van der Waals surface area contributed by atoms with Crippen LogP contribution in [0.2, 0.25) is 0 Å². The van der Waals surface area contributed by atoms with Crippen LogP contribution in [0.1, 0.15) is 45.9 Å². The van der Waals surface area contributed by atoms with Crippen molar-refractivity contribution < 1.29 is 13.2 Å². The fraction of sp³-hybridized carbons (Fsp3) is 0.333. The van der Waals surface area contributed by atoms with Gasteiger partial charge in [-0.2, -0.15) is 9.40 Å². The molecule has 0 unspecified atom stereocenters. The summed E-state index contributed by atoms with van der Waals surface area (Å²) in [7, 11) is -3.91. The maximum atomic E-state index is 13.7. The van der Waals surface area contributed by atoms with Crippen LogP contribution in [0.25, 0.3) is 16.5 Å². The summed E-state index contributed by atoms with van der Waals surface area (Å²) >= 11 is 0. The molecule has 1 N–H and O–H groups in total. The highest BCUT2D eigenvalue weighted by Crippen LogP contribution is 2.27. The normalized spacial score (nSPS) is 12.4. The number of aryl methyl sites for hydroxylation is 1. The van der Waals surface area contributed by atoms with Crippen molar-refractivity contribution in [3.05, 3.63) is 84.1 Å². The predicted molar refractivity (Wildman–Crippen MR) is 153 cm³/mol. The van der Waals surface area contributed by atoms with E-state index in [2.05, 4.69) is 26.1 Å². The van der Waals surface area contributed by atoms with Crippen LogP contribution in [0.3, 0.4) is 0 Å². The van der Waals surface area contributed by atoms with Gasteiger partial charge in [-0.3, -0.25) is 4.79 Å². The average Bonchev–Trinajstić information content (AvgIpc) is 3.27. The molecule has 0 fully saturated rings. The van der Waals surface area contributed by atoms with E-state index in [0.717, 1.165) is 27.7 Å². The number of sulfonamides is 1. The number of fused-ring (bicyclic) bond motifs is 1. The summed E-state index contributed by atoms with van der Waals surface area (Å²) in [5.74, 6) is 0.103. The molecule has 1 aromatic heterocycles. The molecule has 0 aliphatic carbocycles. The summed E-state index contributed by atoms with van der Waals surface area (Å²) in [6, 6.07) is 22.4. The number of carbonyl (C=O) groups is 1. The van der Waals surface area contributed by atoms with Crippen molar-refractivity contribution in [1.82, 2.24) is 14.1 Å². The van der Waals surface area contributed by atoms with Gasteiger partial charge in [0.1, 0.15) is 5.82 Å². The number of carbonyl (C=O) groups excluding carboxylic acids is 1. The Kier molecular flexibility index (Phi) is 7.76. The maximum absolute atomic E-state index is 13.7. The summed E-state index contributed by atoms with van der Waals surface area (Å²) < 4.78 is 30.3. The van der Waals surface area contributed by atoms with E-state index in [1.807, 2.05) is 75.4 Å². The molecule has 0 radical (unpaired) electrons. The molecule has 200 valence electrons. The van der Waals surface area contributed by atoms with Crippen molar-refractivity contribution in [2.24, 2.45) is 5.92 Å². The van der Waals surface area contributed by atoms with Crippen LogP contribution in [0.15, 0.2) is 77.7 Å². The first-order valence-corrected chi connectivity index (χ1v) is 14.2. The SMILES string of the molecule is Cc1cccc(-n2nc(C(C)(C)C)cc2NC(=O)CN(CC(C)C)S(=O)(=O)c2ccc3ccccc3c2)c1. The average molecular weight is 533 g/mol. The minimum atomic E-state index is -3.91. The standard InChI is InChI=1S/C30H36N4O3S/c1-21(2)19-33(38(36,37)26-15-14-23-11-7-8-12-24(23)17-26)20-29(35)31-28-18-27(30(4,5)6)32-34(28)25-13-9-10-22(3)16-25/h7-18,21H,19-20H2,1-6H3,(H,31,35). The highest BCUT2D eigenvalue weighted by atomic mass is 32.2. The van der Waals surface area contributed by atoms with Crippen molar-refractivity contribution >= 4 is 32.5 Å². The van der Waals surface area contributed by atoms with E-state index >= 15 is 0 Å². The molecule has 4 aromatic rings. The third kappa shape index (κ3) is 6.14. The first-order valence-electron chi connectivity index (χ1n) is 12.8. The zero-order chi connectivity index (χ0) is 27.7. The summed E-state index contributed by atoms with van der Waals surface area (Å²) in [5.41, 5.74) is 2.46. The number of nitrogens with zero attached hydrogens (tertiary/aromatic N) is 3. The minimum Gasteiger partial charge on any atom is -0.309 e. The van der Waals surface area contributed by atoms with E-state index in [4.69, 9.17) is 5.10 Å². The Morgan fingerprint density at radius 2 is 1.68 bits per heavy atom. The molecule has 1 heterocycles. The van der Waals surface area contributed by atoms with Crippen molar-refractivity contribution in [1.29, 1.82) is 0 Å². The molecular formula is C30H36N4O3S. The number of benzene rings is 3. The molecule has 1 amide bonds. The smallest absolute Gasteiger partial charge is 0.243 e. The number of hydrogen-bond donors (Lipinski definition) is 1. The van der Waals surface area contributed by atoms with Gasteiger partial charge in [0.05, 0.1) is 22.8 Å². The maximum Gasteiger partial charge on any atom is 0.243 e. The quantitative estimate of drug-likeness (QED) is 0.305. The van der Waals surface area contributed by atoms with Gasteiger partial charge in [0.25, 0.3) is 0 Å². The van der Waals surface area contributed by atoms with Crippen LogP contribution in [0, 0.1) is 12.8 Å². The lowest BCUT2D eigenvalue weighted by atomic mass is 9.92. The summed E-state index contributed by atoms with van der Waals surface area (Å²) in [6.07, 6.45) is 0. The first kappa shape index (κ1) is 27.5. The lowest BCUT2D eigenvalue weighted by molar-refractivity contribution is -0.116. The van der Waals surface area contributed by atoms with Crippen molar-refractivity contribution in [2.45, 2.75) is 51.9 Å². The van der Waals surface area contributed by atoms with Gasteiger partial charge in [0.2, 0.25) is 15.9 Å². The zero-order valence-corrected chi connectivity index (χ0v) is 23.7. The second-order valence-electron chi connectivity index (χ2n) is 11.2. The van der Waals surface area contributed by atoms with Gasteiger partial charge in [0, 0.05) is 18.0 Å². The number of amides is 1. The van der Waals surface area contributed by atoms with Gasteiger partial charge in [-0.1, -0.05) is 77.1 Å². The third-order valence-corrected chi connectivity index (χ3v) is 8.05. The lowest BCUT2D eigenvalue weighted by Crippen LogP contribution is -2.40. The molecule has 0 aliphatic heterocycles. The van der Waals surface area contributed by atoms with E-state index in [1.54, 1.807) is 22.9 Å². The Bertz CT molecular complexity index is 1570. The predicted octanol–water partition coefficient (Wildman–Crippen LogP) is 5.92. The molecule has 0 aliphatic rings. The van der Waals surface area contributed by atoms with Gasteiger partial charge >= 0.3 is 0 Å². The van der Waals surface area contributed by atoms with Crippen LogP contribution in [0.5, 0.6) is 0 Å². The molecule has 3 aromatic carbocycles. The topological polar surface area (TPSA) is 84.3 Å². The molecule has 0 bridgehead atoms. The third-order valence-electron chi connectivity index (χ3n) is 6.24. The monoisotopic (exact) mass is 532 g/mol. The van der Waals surface area contributed by atoms with Crippen LogP contribution < -0.4 is 5.32 Å². The van der Waals surface area contributed by atoms with Crippen LogP contribution >= 0.6 is 0 Å². The number of hydrogen-bond acceptors (Lipinski definition) is 4. The summed E-state index contributed by atoms with van der Waals surface area (Å²) in [6.45, 7) is 11.9. The second-order valence-corrected chi connectivity index (χ2v) is 13.1. The van der Waals surface area contributed by atoms with Crippen molar-refractivity contribution in [2.75, 3.05) is 18.4 Å². The zero-order valence-electron chi connectivity index (χ0n) is 22.9. The van der Waals surface area contributed by atoms with E-state index in [1.165, 1.54) is 4.31 Å². The Labute approximate surface area is 225 Å². The Morgan fingerprint density at radius 3 is 2.34 bits per heavy atom. The lowest BCUT2D eigenvalue weighted by Gasteiger charge is -2.24. The fourth-order valence-corrected chi connectivity index (χ4v) is 5.86. The van der Waals surface area contributed by atoms with Gasteiger partial charge in [-0.25, -0.2) is 13.1 Å². The van der Waals surface area contributed by atoms with Crippen molar-refractivity contribution in [3.63, 3.8) is 0 Å². The largest absolute Gasteiger partial charge is 0.309 e. The molecule has 4 rings (SSSR count). The van der Waals surface area contributed by atoms with Crippen LogP contribution in [-0.4, -0.2) is 41.5 Å². The van der Waals surface area contributed by atoms with E-state index in [-0.39, 0.29) is 29.3 Å². The molecule has 7 nitrogen and oxygen atoms in total. The van der Waals surface area contributed by atoms with Gasteiger partial charge < -0.3 is 5.32 Å². The van der Waals surface area contributed by atoms with Gasteiger partial charge in [-0.05, 0) is 53.4 Å². The molecule has 0 spiro atoms. The van der Waals surface area contributed by atoms with E-state index < -0.39 is 15.9 Å². The van der Waals surface area contributed by atoms with Crippen molar-refractivity contribution in [3.8, 4) is 5.69 Å². The molecule has 0 saturated heterocycles. The minimum absolute atomic E-state index is 0.0309. The van der Waals surface area contributed by atoms with Gasteiger partial charge in [-0.15, -0.1) is 0 Å². The molecule has 38 heavy (non-hydrogen) atoms. The Balaban J connectivity index is 1.65. The van der Waals surface area contributed by atoms with E-state index in [9.17, 15) is 13.2 Å². The number of aromatic nitrogens is 2. The molecular weight excluding hydrogens is 496 g/mol. The Hall–Kier alpha value is -3.49. The van der Waals surface area contributed by atoms with E-state index in [0.29, 0.717) is 5.82 Å². The first-order chi connectivity index (χ1) is 17.8. The summed E-state index contributed by atoms with van der Waals surface area (Å²) in [5, 5.41) is 9.49. The number of rotatable bonds is 8. The van der Waals surface area contributed by atoms with Gasteiger partial charge in [0.15, 0.2) is 0 Å². The number of anilines is 1. The highest BCUT2D eigenvalue weighted by Gasteiger charge is 2.29.